The summed E-state index contributed by atoms with van der Waals surface area (Å²) in [4.78, 5) is 16.5. The number of nitrogens with zero attached hydrogens (tertiary/aromatic N) is 1. The van der Waals surface area contributed by atoms with Gasteiger partial charge in [-0.15, -0.1) is 0 Å². The molecule has 3 rings (SSSR count). The first kappa shape index (κ1) is 16.0. The zero-order valence-electron chi connectivity index (χ0n) is 13.1. The van der Waals surface area contributed by atoms with Gasteiger partial charge in [-0.3, -0.25) is 9.78 Å². The van der Waals surface area contributed by atoms with Crippen LogP contribution in [0.15, 0.2) is 67.0 Å². The maximum atomic E-state index is 12.4. The van der Waals surface area contributed by atoms with E-state index < -0.39 is 0 Å². The maximum Gasteiger partial charge on any atom is 0.257 e. The number of nitrogens with one attached hydrogen (secondary N) is 2. The number of hydrogen-bond donors (Lipinski definition) is 2. The fraction of sp³-hybridized carbons (Fsp3) is 0.0526. The molecule has 0 saturated carbocycles. The Morgan fingerprint density at radius 1 is 0.917 bits per heavy atom. The summed E-state index contributed by atoms with van der Waals surface area (Å²) in [6, 6.07) is 16.7. The Morgan fingerprint density at radius 3 is 2.29 bits per heavy atom. The van der Waals surface area contributed by atoms with Crippen molar-refractivity contribution < 1.29 is 4.79 Å². The summed E-state index contributed by atoms with van der Waals surface area (Å²) >= 11 is 5.88. The first-order valence-electron chi connectivity index (χ1n) is 7.46. The molecule has 0 aliphatic heterocycles. The van der Waals surface area contributed by atoms with E-state index in [0.29, 0.717) is 10.6 Å². The van der Waals surface area contributed by atoms with Gasteiger partial charge in [0.15, 0.2) is 0 Å². The van der Waals surface area contributed by atoms with Crippen LogP contribution in [0.3, 0.4) is 0 Å². The average Bonchev–Trinajstić information content (AvgIpc) is 2.59. The van der Waals surface area contributed by atoms with Gasteiger partial charge < -0.3 is 10.6 Å². The molecule has 5 heteroatoms. The zero-order valence-corrected chi connectivity index (χ0v) is 13.8. The third kappa shape index (κ3) is 4.12. The van der Waals surface area contributed by atoms with E-state index >= 15 is 0 Å². The largest absolute Gasteiger partial charge is 0.354 e. The molecule has 0 aliphatic carbocycles. The van der Waals surface area contributed by atoms with E-state index in [9.17, 15) is 4.79 Å². The first-order chi connectivity index (χ1) is 11.6. The summed E-state index contributed by atoms with van der Waals surface area (Å²) in [7, 11) is 0. The molecule has 4 nitrogen and oxygen atoms in total. The van der Waals surface area contributed by atoms with Crippen LogP contribution in [-0.2, 0) is 0 Å². The normalized spacial score (nSPS) is 10.2. The Hall–Kier alpha value is -2.85. The van der Waals surface area contributed by atoms with Gasteiger partial charge in [-0.1, -0.05) is 29.3 Å². The van der Waals surface area contributed by atoms with Crippen molar-refractivity contribution in [3.8, 4) is 0 Å². The number of aryl methyl sites for hydroxylation is 1. The molecule has 1 amide bonds. The lowest BCUT2D eigenvalue weighted by Gasteiger charge is -2.09. The van der Waals surface area contributed by atoms with Crippen LogP contribution in [0.5, 0.6) is 0 Å². The molecule has 120 valence electrons. The van der Waals surface area contributed by atoms with Crippen molar-refractivity contribution in [1.82, 2.24) is 4.98 Å². The molecule has 2 aromatic carbocycles. The molecule has 1 heterocycles. The van der Waals surface area contributed by atoms with Crippen LogP contribution >= 0.6 is 11.6 Å². The van der Waals surface area contributed by atoms with Gasteiger partial charge >= 0.3 is 0 Å². The number of anilines is 3. The smallest absolute Gasteiger partial charge is 0.257 e. The quantitative estimate of drug-likeness (QED) is 0.701. The lowest BCUT2D eigenvalue weighted by atomic mass is 10.2. The maximum absolute atomic E-state index is 12.4. The lowest BCUT2D eigenvalue weighted by Crippen LogP contribution is -2.12. The summed E-state index contributed by atoms with van der Waals surface area (Å²) in [5, 5.41) is 6.73. The average molecular weight is 338 g/mol. The molecule has 0 spiro atoms. The minimum atomic E-state index is -0.203. The monoisotopic (exact) mass is 337 g/mol. The number of pyridine rings is 1. The van der Waals surface area contributed by atoms with Crippen LogP contribution in [0.25, 0.3) is 0 Å². The number of benzene rings is 2. The second kappa shape index (κ2) is 7.15. The molecular weight excluding hydrogens is 322 g/mol. The SMILES string of the molecule is Cc1ccc(NC(=O)c2cncc(Nc3ccc(Cl)cc3)c2)cc1. The highest BCUT2D eigenvalue weighted by Crippen LogP contribution is 2.19. The molecule has 3 aromatic rings. The van der Waals surface area contributed by atoms with Gasteiger partial charge in [0.05, 0.1) is 17.4 Å². The van der Waals surface area contributed by atoms with E-state index in [1.54, 1.807) is 24.4 Å². The lowest BCUT2D eigenvalue weighted by molar-refractivity contribution is 0.102. The van der Waals surface area contributed by atoms with E-state index in [1.165, 1.54) is 6.20 Å². The Balaban J connectivity index is 1.73. The van der Waals surface area contributed by atoms with Crippen molar-refractivity contribution >= 4 is 34.6 Å². The van der Waals surface area contributed by atoms with Crippen LogP contribution in [0, 0.1) is 6.92 Å². The van der Waals surface area contributed by atoms with Crippen molar-refractivity contribution in [3.63, 3.8) is 0 Å². The molecule has 0 radical (unpaired) electrons. The molecule has 0 fully saturated rings. The fourth-order valence-electron chi connectivity index (χ4n) is 2.17. The fourth-order valence-corrected chi connectivity index (χ4v) is 2.30. The number of hydrogen-bond acceptors (Lipinski definition) is 3. The molecular formula is C19H16ClN3O. The predicted molar refractivity (Wildman–Crippen MR) is 98.1 cm³/mol. The van der Waals surface area contributed by atoms with Gasteiger partial charge in [0, 0.05) is 22.6 Å². The number of carbonyl (C=O) groups excluding carboxylic acids is 1. The van der Waals surface area contributed by atoms with Crippen molar-refractivity contribution in [1.29, 1.82) is 0 Å². The summed E-state index contributed by atoms with van der Waals surface area (Å²) in [6.07, 6.45) is 3.20. The van der Waals surface area contributed by atoms with E-state index in [1.807, 2.05) is 43.3 Å². The molecule has 0 bridgehead atoms. The highest BCUT2D eigenvalue weighted by atomic mass is 35.5. The molecule has 24 heavy (non-hydrogen) atoms. The van der Waals surface area contributed by atoms with Crippen LogP contribution in [-0.4, -0.2) is 10.9 Å². The Labute approximate surface area is 145 Å². The number of carbonyl (C=O) groups is 1. The number of amides is 1. The summed E-state index contributed by atoms with van der Waals surface area (Å²) in [6.45, 7) is 2.00. The van der Waals surface area contributed by atoms with Crippen LogP contribution in [0.1, 0.15) is 15.9 Å². The molecule has 0 aliphatic rings. The molecule has 0 atom stereocenters. The summed E-state index contributed by atoms with van der Waals surface area (Å²) < 4.78 is 0. The van der Waals surface area contributed by atoms with Crippen LogP contribution < -0.4 is 10.6 Å². The standard InChI is InChI=1S/C19H16ClN3O/c1-13-2-6-17(7-3-13)23-19(24)14-10-18(12-21-11-14)22-16-8-4-15(20)5-9-16/h2-12,22H,1H3,(H,23,24). The van der Waals surface area contributed by atoms with E-state index in [4.69, 9.17) is 11.6 Å². The van der Waals surface area contributed by atoms with Crippen LogP contribution in [0.2, 0.25) is 5.02 Å². The third-order valence-electron chi connectivity index (χ3n) is 3.44. The van der Waals surface area contributed by atoms with Gasteiger partial charge in [-0.05, 0) is 49.4 Å². The third-order valence-corrected chi connectivity index (χ3v) is 3.69. The van der Waals surface area contributed by atoms with Gasteiger partial charge in [0.2, 0.25) is 0 Å². The van der Waals surface area contributed by atoms with Crippen molar-refractivity contribution in [2.45, 2.75) is 6.92 Å². The highest BCUT2D eigenvalue weighted by Gasteiger charge is 2.08. The van der Waals surface area contributed by atoms with Gasteiger partial charge in [-0.2, -0.15) is 0 Å². The van der Waals surface area contributed by atoms with Gasteiger partial charge in [-0.25, -0.2) is 0 Å². The number of aromatic nitrogens is 1. The Bertz CT molecular complexity index is 845. The summed E-state index contributed by atoms with van der Waals surface area (Å²) in [5.74, 6) is -0.203. The first-order valence-corrected chi connectivity index (χ1v) is 7.83. The Kier molecular flexibility index (Phi) is 4.77. The van der Waals surface area contributed by atoms with Crippen molar-refractivity contribution in [2.75, 3.05) is 10.6 Å². The minimum absolute atomic E-state index is 0.203. The zero-order chi connectivity index (χ0) is 16.9. The second-order valence-electron chi connectivity index (χ2n) is 5.41. The van der Waals surface area contributed by atoms with E-state index in [-0.39, 0.29) is 5.91 Å². The molecule has 0 saturated heterocycles. The molecule has 2 N–H and O–H groups in total. The van der Waals surface area contributed by atoms with E-state index in [2.05, 4.69) is 15.6 Å². The summed E-state index contributed by atoms with van der Waals surface area (Å²) in [5.41, 5.74) is 3.98. The van der Waals surface area contributed by atoms with E-state index in [0.717, 1.165) is 22.6 Å². The highest BCUT2D eigenvalue weighted by molar-refractivity contribution is 6.30. The van der Waals surface area contributed by atoms with Crippen LogP contribution in [0.4, 0.5) is 17.1 Å². The second-order valence-corrected chi connectivity index (χ2v) is 5.85. The molecule has 0 unspecified atom stereocenters. The van der Waals surface area contributed by atoms with Gasteiger partial charge in [0.1, 0.15) is 0 Å². The predicted octanol–water partition coefficient (Wildman–Crippen LogP) is 5.04. The van der Waals surface area contributed by atoms with Gasteiger partial charge in [0.25, 0.3) is 5.91 Å². The Morgan fingerprint density at radius 2 is 1.58 bits per heavy atom. The van der Waals surface area contributed by atoms with Crippen molar-refractivity contribution in [2.24, 2.45) is 0 Å². The van der Waals surface area contributed by atoms with Crippen molar-refractivity contribution in [3.05, 3.63) is 83.1 Å². The minimum Gasteiger partial charge on any atom is -0.354 e. The molecule has 1 aromatic heterocycles. The number of halogens is 1. The number of rotatable bonds is 4. The topological polar surface area (TPSA) is 54.0 Å².